The van der Waals surface area contributed by atoms with Gasteiger partial charge in [0.15, 0.2) is 0 Å². The lowest BCUT2D eigenvalue weighted by Gasteiger charge is -2.28. The van der Waals surface area contributed by atoms with Crippen molar-refractivity contribution in [1.29, 1.82) is 0 Å². The van der Waals surface area contributed by atoms with Crippen LogP contribution in [0, 0.1) is 0 Å². The van der Waals surface area contributed by atoms with E-state index in [0.29, 0.717) is 19.0 Å². The highest BCUT2D eigenvalue weighted by atomic mass is 19.4. The summed E-state index contributed by atoms with van der Waals surface area (Å²) in [4.78, 5) is 22.9. The Morgan fingerprint density at radius 1 is 1.38 bits per heavy atom. The van der Waals surface area contributed by atoms with Gasteiger partial charge in [0.05, 0.1) is 5.69 Å². The Kier molecular flexibility index (Phi) is 4.65. The van der Waals surface area contributed by atoms with Crippen LogP contribution in [0.2, 0.25) is 0 Å². The predicted octanol–water partition coefficient (Wildman–Crippen LogP) is 1.60. The Labute approximate surface area is 118 Å². The molecular formula is C12H16F3N3O3. The molecule has 0 spiro atoms. The van der Waals surface area contributed by atoms with Crippen molar-refractivity contribution < 1.29 is 27.9 Å². The summed E-state index contributed by atoms with van der Waals surface area (Å²) < 4.78 is 39.8. The molecule has 118 valence electrons. The molecule has 2 N–H and O–H groups in total. The van der Waals surface area contributed by atoms with E-state index in [4.69, 9.17) is 5.11 Å². The minimum absolute atomic E-state index is 0.105. The van der Waals surface area contributed by atoms with Gasteiger partial charge in [-0.15, -0.1) is 0 Å². The van der Waals surface area contributed by atoms with E-state index in [1.807, 2.05) is 0 Å². The van der Waals surface area contributed by atoms with Crippen LogP contribution in [0.5, 0.6) is 0 Å². The molecular weight excluding hydrogens is 291 g/mol. The molecule has 21 heavy (non-hydrogen) atoms. The van der Waals surface area contributed by atoms with Crippen molar-refractivity contribution in [3.63, 3.8) is 0 Å². The van der Waals surface area contributed by atoms with Crippen molar-refractivity contribution in [2.75, 3.05) is 0 Å². The average Bonchev–Trinajstić information content (AvgIpc) is 2.80. The van der Waals surface area contributed by atoms with Crippen molar-refractivity contribution >= 4 is 11.9 Å². The molecule has 0 fully saturated rings. The summed E-state index contributed by atoms with van der Waals surface area (Å²) in [5.74, 6) is -3.31. The van der Waals surface area contributed by atoms with E-state index in [1.54, 1.807) is 13.8 Å². The van der Waals surface area contributed by atoms with Gasteiger partial charge in [-0.05, 0) is 26.3 Å². The van der Waals surface area contributed by atoms with E-state index in [0.717, 1.165) is 0 Å². The fraction of sp³-hybridized carbons (Fsp3) is 0.583. The highest BCUT2D eigenvalue weighted by Crippen LogP contribution is 2.30. The van der Waals surface area contributed by atoms with Crippen molar-refractivity contribution in [3.05, 3.63) is 17.5 Å². The number of nitrogens with one attached hydrogen (secondary N) is 1. The topological polar surface area (TPSA) is 84.2 Å². The van der Waals surface area contributed by atoms with Gasteiger partial charge in [0.25, 0.3) is 5.91 Å². The standard InChI is InChI=1S/C12H16F3N3O3/c1-4-7-6-8(18(5-2)17-7)9(19)16-11(3,10(20)21)12(13,14)15/h6H,4-5H2,1-3H3,(H,16,19)(H,20,21). The maximum atomic E-state index is 12.9. The second-order valence-corrected chi connectivity index (χ2v) is 4.57. The molecule has 0 radical (unpaired) electrons. The fourth-order valence-corrected chi connectivity index (χ4v) is 1.60. The molecule has 1 unspecified atom stereocenters. The first-order valence-electron chi connectivity index (χ1n) is 6.26. The minimum atomic E-state index is -5.13. The van der Waals surface area contributed by atoms with E-state index in [2.05, 4.69) is 5.10 Å². The maximum Gasteiger partial charge on any atom is 0.422 e. The number of aryl methyl sites for hydroxylation is 2. The van der Waals surface area contributed by atoms with Crippen LogP contribution in [0.1, 0.15) is 37.0 Å². The van der Waals surface area contributed by atoms with Crippen LogP contribution in [-0.2, 0) is 17.8 Å². The maximum absolute atomic E-state index is 12.9. The Bertz CT molecular complexity index is 554. The number of carboxylic acids is 1. The summed E-state index contributed by atoms with van der Waals surface area (Å²) in [7, 11) is 0. The molecule has 0 aliphatic rings. The second-order valence-electron chi connectivity index (χ2n) is 4.57. The molecule has 0 saturated heterocycles. The van der Waals surface area contributed by atoms with Gasteiger partial charge in [-0.1, -0.05) is 6.92 Å². The van der Waals surface area contributed by atoms with Gasteiger partial charge in [-0.3, -0.25) is 9.48 Å². The number of aliphatic carboxylic acids is 1. The smallest absolute Gasteiger partial charge is 0.422 e. The molecule has 0 bridgehead atoms. The molecule has 6 nitrogen and oxygen atoms in total. The number of aromatic nitrogens is 2. The van der Waals surface area contributed by atoms with E-state index < -0.39 is 23.6 Å². The first-order chi connectivity index (χ1) is 9.56. The SMILES string of the molecule is CCc1cc(C(=O)NC(C)(C(=O)O)C(F)(F)F)n(CC)n1. The third-order valence-corrected chi connectivity index (χ3v) is 3.08. The molecule has 0 aliphatic heterocycles. The van der Waals surface area contributed by atoms with E-state index >= 15 is 0 Å². The number of hydrogen-bond acceptors (Lipinski definition) is 3. The number of carboxylic acid groups (broad SMARTS) is 1. The van der Waals surface area contributed by atoms with Crippen LogP contribution >= 0.6 is 0 Å². The van der Waals surface area contributed by atoms with Gasteiger partial charge in [0.2, 0.25) is 5.54 Å². The summed E-state index contributed by atoms with van der Waals surface area (Å²) in [6, 6.07) is 1.34. The van der Waals surface area contributed by atoms with E-state index in [-0.39, 0.29) is 12.2 Å². The zero-order valence-corrected chi connectivity index (χ0v) is 11.8. The summed E-state index contributed by atoms with van der Waals surface area (Å²) in [5, 5.41) is 14.4. The normalized spacial score (nSPS) is 14.6. The number of halogens is 3. The van der Waals surface area contributed by atoms with E-state index in [9.17, 15) is 22.8 Å². The largest absolute Gasteiger partial charge is 0.479 e. The Balaban J connectivity index is 3.15. The molecule has 0 saturated carbocycles. The summed E-state index contributed by atoms with van der Waals surface area (Å²) in [5.41, 5.74) is -2.93. The third-order valence-electron chi connectivity index (χ3n) is 3.08. The number of alkyl halides is 3. The zero-order chi connectivity index (χ0) is 16.4. The monoisotopic (exact) mass is 307 g/mol. The highest BCUT2D eigenvalue weighted by molar-refractivity contribution is 5.97. The van der Waals surface area contributed by atoms with Crippen molar-refractivity contribution in [3.8, 4) is 0 Å². The Hall–Kier alpha value is -2.06. The molecule has 1 aromatic heterocycles. The quantitative estimate of drug-likeness (QED) is 0.865. The highest BCUT2D eigenvalue weighted by Gasteiger charge is 2.58. The van der Waals surface area contributed by atoms with Gasteiger partial charge < -0.3 is 10.4 Å². The van der Waals surface area contributed by atoms with Crippen LogP contribution in [0.15, 0.2) is 6.07 Å². The average molecular weight is 307 g/mol. The fourth-order valence-electron chi connectivity index (χ4n) is 1.60. The summed E-state index contributed by atoms with van der Waals surface area (Å²) >= 11 is 0. The van der Waals surface area contributed by atoms with Gasteiger partial charge in [-0.25, -0.2) is 4.79 Å². The van der Waals surface area contributed by atoms with E-state index in [1.165, 1.54) is 16.1 Å². The van der Waals surface area contributed by atoms with Crippen LogP contribution in [0.3, 0.4) is 0 Å². The van der Waals surface area contributed by atoms with Gasteiger partial charge in [0.1, 0.15) is 5.69 Å². The number of amides is 1. The summed E-state index contributed by atoms with van der Waals surface area (Å²) in [6.45, 7) is 4.13. The van der Waals surface area contributed by atoms with Crippen LogP contribution in [0.25, 0.3) is 0 Å². The number of nitrogens with zero attached hydrogens (tertiary/aromatic N) is 2. The lowest BCUT2D eigenvalue weighted by atomic mass is 10.0. The first-order valence-corrected chi connectivity index (χ1v) is 6.26. The van der Waals surface area contributed by atoms with Crippen molar-refractivity contribution in [2.45, 2.75) is 45.5 Å². The molecule has 1 heterocycles. The molecule has 1 atom stereocenters. The summed E-state index contributed by atoms with van der Waals surface area (Å²) in [6.07, 6.45) is -4.62. The zero-order valence-electron chi connectivity index (χ0n) is 11.8. The second kappa shape index (κ2) is 5.74. The molecule has 0 aromatic carbocycles. The number of hydrogen-bond donors (Lipinski definition) is 2. The van der Waals surface area contributed by atoms with Gasteiger partial charge in [0, 0.05) is 6.54 Å². The Morgan fingerprint density at radius 2 is 1.95 bits per heavy atom. The van der Waals surface area contributed by atoms with Crippen molar-refractivity contribution in [2.24, 2.45) is 0 Å². The Morgan fingerprint density at radius 3 is 2.33 bits per heavy atom. The third kappa shape index (κ3) is 3.17. The predicted molar refractivity (Wildman–Crippen MR) is 66.8 cm³/mol. The molecule has 9 heteroatoms. The number of rotatable bonds is 5. The minimum Gasteiger partial charge on any atom is -0.479 e. The lowest BCUT2D eigenvalue weighted by Crippen LogP contribution is -2.62. The lowest BCUT2D eigenvalue weighted by molar-refractivity contribution is -0.203. The van der Waals surface area contributed by atoms with Crippen LogP contribution in [-0.4, -0.2) is 38.5 Å². The molecule has 1 amide bonds. The molecule has 0 aliphatic carbocycles. The number of carbonyl (C=O) groups is 2. The van der Waals surface area contributed by atoms with Crippen LogP contribution in [0.4, 0.5) is 13.2 Å². The van der Waals surface area contributed by atoms with Gasteiger partial charge in [-0.2, -0.15) is 18.3 Å². The first kappa shape index (κ1) is 17.0. The van der Waals surface area contributed by atoms with Crippen LogP contribution < -0.4 is 5.32 Å². The molecule has 1 aromatic rings. The van der Waals surface area contributed by atoms with Crippen molar-refractivity contribution in [1.82, 2.24) is 15.1 Å². The molecule has 1 rings (SSSR count). The van der Waals surface area contributed by atoms with Gasteiger partial charge >= 0.3 is 12.1 Å². The number of carbonyl (C=O) groups excluding carboxylic acids is 1.